The molecule has 1 aliphatic carbocycles. The third-order valence-electron chi connectivity index (χ3n) is 5.84. The van der Waals surface area contributed by atoms with E-state index in [2.05, 4.69) is 37.3 Å². The van der Waals surface area contributed by atoms with E-state index in [1.54, 1.807) is 13.1 Å². The zero-order chi connectivity index (χ0) is 23.0. The maximum absolute atomic E-state index is 14.4. The summed E-state index contributed by atoms with van der Waals surface area (Å²) in [4.78, 5) is 8.81. The second-order valence-corrected chi connectivity index (χ2v) is 8.52. The van der Waals surface area contributed by atoms with E-state index in [9.17, 15) is 4.39 Å². The highest BCUT2D eigenvalue weighted by Gasteiger charge is 2.22. The summed E-state index contributed by atoms with van der Waals surface area (Å²) in [5, 5.41) is 6.66. The van der Waals surface area contributed by atoms with Crippen LogP contribution in [0, 0.1) is 11.7 Å². The number of hydrogen-bond donors (Lipinski definition) is 2. The van der Waals surface area contributed by atoms with Gasteiger partial charge in [0.2, 0.25) is 0 Å². The van der Waals surface area contributed by atoms with Crippen LogP contribution in [0.4, 0.5) is 4.39 Å². The number of hydrogen-bond acceptors (Lipinski definition) is 3. The number of aromatic nitrogens is 2. The van der Waals surface area contributed by atoms with Crippen LogP contribution in [0.15, 0.2) is 65.9 Å². The molecule has 1 atom stereocenters. The Balaban J connectivity index is 0.00000324. The van der Waals surface area contributed by atoms with Crippen LogP contribution >= 0.6 is 24.0 Å². The standard InChI is InChI=1S/C26H32FN5O.HI/c1-19(22-10-11-24(23(27)16-22)33-18-21-8-9-21)31-26(28-2)30-13-12-25-29-14-15-32(25)17-20-6-4-3-5-7-20;/h3-7,10-11,14-16,19,21H,8-9,12-13,17-18H2,1-2H3,(H2,28,30,31);1H. The lowest BCUT2D eigenvalue weighted by molar-refractivity contribution is 0.285. The number of ether oxygens (including phenoxy) is 1. The van der Waals surface area contributed by atoms with E-state index in [0.29, 0.717) is 30.8 Å². The van der Waals surface area contributed by atoms with Crippen LogP contribution in [0.25, 0.3) is 0 Å². The maximum Gasteiger partial charge on any atom is 0.191 e. The van der Waals surface area contributed by atoms with E-state index >= 15 is 0 Å². The van der Waals surface area contributed by atoms with Gasteiger partial charge in [0.15, 0.2) is 17.5 Å². The van der Waals surface area contributed by atoms with Crippen LogP contribution < -0.4 is 15.4 Å². The Morgan fingerprint density at radius 1 is 1.24 bits per heavy atom. The number of nitrogens with one attached hydrogen (secondary N) is 2. The van der Waals surface area contributed by atoms with Gasteiger partial charge in [0, 0.05) is 39.0 Å². The van der Waals surface area contributed by atoms with Crippen molar-refractivity contribution in [1.29, 1.82) is 0 Å². The first kappa shape index (κ1) is 26.0. The van der Waals surface area contributed by atoms with Crippen molar-refractivity contribution >= 4 is 29.9 Å². The molecule has 1 fully saturated rings. The zero-order valence-electron chi connectivity index (χ0n) is 19.7. The average Bonchev–Trinajstić information content (AvgIpc) is 3.56. The average molecular weight is 577 g/mol. The van der Waals surface area contributed by atoms with Crippen molar-refractivity contribution in [2.45, 2.75) is 38.8 Å². The first-order valence-corrected chi connectivity index (χ1v) is 11.6. The first-order valence-electron chi connectivity index (χ1n) is 11.6. The Morgan fingerprint density at radius 3 is 2.74 bits per heavy atom. The molecule has 2 N–H and O–H groups in total. The van der Waals surface area contributed by atoms with Gasteiger partial charge in [0.1, 0.15) is 5.82 Å². The minimum absolute atomic E-state index is 0. The predicted octanol–water partition coefficient (Wildman–Crippen LogP) is 4.95. The highest BCUT2D eigenvalue weighted by molar-refractivity contribution is 14.0. The minimum Gasteiger partial charge on any atom is -0.490 e. The molecule has 1 heterocycles. The van der Waals surface area contributed by atoms with Gasteiger partial charge in [0.25, 0.3) is 0 Å². The number of aliphatic imine (C=N–C) groups is 1. The van der Waals surface area contributed by atoms with Gasteiger partial charge in [-0.2, -0.15) is 0 Å². The molecule has 1 unspecified atom stereocenters. The van der Waals surface area contributed by atoms with Gasteiger partial charge in [-0.15, -0.1) is 24.0 Å². The van der Waals surface area contributed by atoms with Crippen LogP contribution in [0.3, 0.4) is 0 Å². The Kier molecular flexibility index (Phi) is 9.74. The summed E-state index contributed by atoms with van der Waals surface area (Å²) in [6, 6.07) is 15.4. The van der Waals surface area contributed by atoms with E-state index in [1.165, 1.54) is 24.5 Å². The minimum atomic E-state index is -0.324. The van der Waals surface area contributed by atoms with Gasteiger partial charge in [-0.1, -0.05) is 36.4 Å². The largest absolute Gasteiger partial charge is 0.490 e. The van der Waals surface area contributed by atoms with Crippen LogP contribution in [0.5, 0.6) is 5.75 Å². The third kappa shape index (κ3) is 7.44. The Hall–Kier alpha value is -2.62. The molecular weight excluding hydrogens is 544 g/mol. The second kappa shape index (κ2) is 12.7. The second-order valence-electron chi connectivity index (χ2n) is 8.52. The van der Waals surface area contributed by atoms with E-state index in [0.717, 1.165) is 24.4 Å². The normalized spacial score (nSPS) is 14.3. The van der Waals surface area contributed by atoms with E-state index < -0.39 is 0 Å². The summed E-state index contributed by atoms with van der Waals surface area (Å²) < 4.78 is 22.2. The number of halogens is 2. The van der Waals surface area contributed by atoms with Gasteiger partial charge in [0.05, 0.1) is 12.6 Å². The lowest BCUT2D eigenvalue weighted by atomic mass is 10.1. The fourth-order valence-corrected chi connectivity index (χ4v) is 3.66. The number of nitrogens with zero attached hydrogens (tertiary/aromatic N) is 3. The molecule has 1 saturated carbocycles. The van der Waals surface area contributed by atoms with Crippen molar-refractivity contribution in [1.82, 2.24) is 20.2 Å². The molecule has 0 bridgehead atoms. The molecule has 1 aliphatic rings. The molecule has 0 amide bonds. The summed E-state index contributed by atoms with van der Waals surface area (Å²) >= 11 is 0. The molecule has 182 valence electrons. The Morgan fingerprint density at radius 2 is 2.03 bits per heavy atom. The monoisotopic (exact) mass is 577 g/mol. The van der Waals surface area contributed by atoms with Gasteiger partial charge in [-0.25, -0.2) is 9.37 Å². The van der Waals surface area contributed by atoms with Crippen molar-refractivity contribution < 1.29 is 9.13 Å². The van der Waals surface area contributed by atoms with Crippen LogP contribution in [0.2, 0.25) is 0 Å². The number of rotatable bonds is 10. The quantitative estimate of drug-likeness (QED) is 0.204. The molecule has 3 aromatic rings. The van der Waals surface area contributed by atoms with Crippen molar-refractivity contribution in [3.8, 4) is 5.75 Å². The third-order valence-corrected chi connectivity index (χ3v) is 5.84. The number of guanidine groups is 1. The van der Waals surface area contributed by atoms with Crippen molar-refractivity contribution in [3.63, 3.8) is 0 Å². The molecular formula is C26H33FIN5O. The fraction of sp³-hybridized carbons (Fsp3) is 0.385. The highest BCUT2D eigenvalue weighted by Crippen LogP contribution is 2.30. The van der Waals surface area contributed by atoms with E-state index in [4.69, 9.17) is 4.74 Å². The molecule has 0 saturated heterocycles. The summed E-state index contributed by atoms with van der Waals surface area (Å²) in [6.45, 7) is 4.07. The van der Waals surface area contributed by atoms with Gasteiger partial charge in [-0.05, 0) is 48.9 Å². The van der Waals surface area contributed by atoms with Crippen LogP contribution in [0.1, 0.15) is 42.8 Å². The summed E-state index contributed by atoms with van der Waals surface area (Å²) in [5.74, 6) is 2.27. The maximum atomic E-state index is 14.4. The van der Waals surface area contributed by atoms with Crippen LogP contribution in [-0.2, 0) is 13.0 Å². The molecule has 0 spiro atoms. The van der Waals surface area contributed by atoms with Crippen molar-refractivity contribution in [2.75, 3.05) is 20.2 Å². The molecule has 0 aliphatic heterocycles. The number of imidazole rings is 1. The fourth-order valence-electron chi connectivity index (χ4n) is 3.66. The van der Waals surface area contributed by atoms with E-state index in [1.807, 2.05) is 43.6 Å². The topological polar surface area (TPSA) is 63.5 Å². The molecule has 6 nitrogen and oxygen atoms in total. The molecule has 0 radical (unpaired) electrons. The van der Waals surface area contributed by atoms with Gasteiger partial charge in [-0.3, -0.25) is 4.99 Å². The SMILES string of the molecule is CN=C(NCCc1nccn1Cc1ccccc1)NC(C)c1ccc(OCC2CC2)c(F)c1.I. The first-order chi connectivity index (χ1) is 16.1. The Bertz CT molecular complexity index is 1070. The number of benzene rings is 2. The van der Waals surface area contributed by atoms with Crippen LogP contribution in [-0.4, -0.2) is 35.7 Å². The van der Waals surface area contributed by atoms with Gasteiger partial charge < -0.3 is 19.9 Å². The molecule has 4 rings (SSSR count). The predicted molar refractivity (Wildman–Crippen MR) is 144 cm³/mol. The smallest absolute Gasteiger partial charge is 0.191 e. The van der Waals surface area contributed by atoms with E-state index in [-0.39, 0.29) is 35.8 Å². The summed E-state index contributed by atoms with van der Waals surface area (Å²) in [6.07, 6.45) is 6.96. The Labute approximate surface area is 218 Å². The van der Waals surface area contributed by atoms with Crippen molar-refractivity contribution in [3.05, 3.63) is 83.7 Å². The highest BCUT2D eigenvalue weighted by atomic mass is 127. The van der Waals surface area contributed by atoms with Crippen molar-refractivity contribution in [2.24, 2.45) is 10.9 Å². The lowest BCUT2D eigenvalue weighted by Gasteiger charge is -2.19. The molecule has 2 aromatic carbocycles. The zero-order valence-corrected chi connectivity index (χ0v) is 22.0. The van der Waals surface area contributed by atoms with Gasteiger partial charge >= 0.3 is 0 Å². The summed E-state index contributed by atoms with van der Waals surface area (Å²) in [7, 11) is 1.73. The molecule has 34 heavy (non-hydrogen) atoms. The molecule has 1 aromatic heterocycles. The summed E-state index contributed by atoms with van der Waals surface area (Å²) in [5.41, 5.74) is 2.08. The molecule has 8 heteroatoms. The lowest BCUT2D eigenvalue weighted by Crippen LogP contribution is -2.39.